The molecule has 1 nitrogen and oxygen atoms in total. The topological polar surface area (TPSA) is 12.0 Å². The Morgan fingerprint density at radius 3 is 2.59 bits per heavy atom. The van der Waals surface area contributed by atoms with Gasteiger partial charge in [-0.2, -0.15) is 13.2 Å². The van der Waals surface area contributed by atoms with E-state index in [1.54, 1.807) is 6.07 Å². The molecule has 0 aliphatic carbocycles. The first kappa shape index (κ1) is 13.8. The molecule has 0 heterocycles. The number of halogens is 3. The molecule has 0 saturated carbocycles. The van der Waals surface area contributed by atoms with Crippen LogP contribution in [0.25, 0.3) is 0 Å². The molecule has 0 spiro atoms. The fourth-order valence-electron chi connectivity index (χ4n) is 1.53. The van der Waals surface area contributed by atoms with E-state index in [-0.39, 0.29) is 6.54 Å². The third-order valence-electron chi connectivity index (χ3n) is 2.36. The quantitative estimate of drug-likeness (QED) is 0.613. The van der Waals surface area contributed by atoms with Crippen LogP contribution in [-0.2, 0) is 12.7 Å². The minimum Gasteiger partial charge on any atom is -0.312 e. The zero-order chi connectivity index (χ0) is 12.7. The summed E-state index contributed by atoms with van der Waals surface area (Å²) in [6.07, 6.45) is 0.445. The first-order valence-corrected chi connectivity index (χ1v) is 5.52. The Kier molecular flexibility index (Phi) is 5.22. The van der Waals surface area contributed by atoms with E-state index >= 15 is 0 Å². The number of rotatable bonds is 5. The Labute approximate surface area is 99.3 Å². The maximum Gasteiger partial charge on any atom is 0.416 e. The van der Waals surface area contributed by atoms with E-state index in [4.69, 9.17) is 0 Å². The van der Waals surface area contributed by atoms with Gasteiger partial charge in [0.2, 0.25) is 0 Å². The summed E-state index contributed by atoms with van der Waals surface area (Å²) in [5.41, 5.74) is -0.265. The third-order valence-corrected chi connectivity index (χ3v) is 2.36. The number of hydrogen-bond donors (Lipinski definition) is 1. The van der Waals surface area contributed by atoms with Gasteiger partial charge in [-0.25, -0.2) is 0 Å². The van der Waals surface area contributed by atoms with Gasteiger partial charge in [0, 0.05) is 6.54 Å². The fraction of sp³-hybridized carbons (Fsp3) is 0.385. The smallest absolute Gasteiger partial charge is 0.312 e. The molecule has 0 amide bonds. The molecule has 0 saturated heterocycles. The minimum absolute atomic E-state index is 0.243. The van der Waals surface area contributed by atoms with Crippen LogP contribution in [0.15, 0.2) is 36.4 Å². The van der Waals surface area contributed by atoms with Gasteiger partial charge in [0.15, 0.2) is 0 Å². The zero-order valence-corrected chi connectivity index (χ0v) is 9.72. The van der Waals surface area contributed by atoms with Crippen molar-refractivity contribution >= 4 is 0 Å². The number of benzene rings is 1. The number of alkyl halides is 3. The number of hydrogen-bond acceptors (Lipinski definition) is 1. The van der Waals surface area contributed by atoms with Crippen LogP contribution in [-0.4, -0.2) is 6.54 Å². The highest BCUT2D eigenvalue weighted by Crippen LogP contribution is 2.31. The summed E-state index contributed by atoms with van der Waals surface area (Å²) in [6.45, 7) is 2.84. The van der Waals surface area contributed by atoms with Crippen LogP contribution >= 0.6 is 0 Å². The molecule has 0 unspecified atom stereocenters. The van der Waals surface area contributed by atoms with Gasteiger partial charge >= 0.3 is 6.18 Å². The normalized spacial score (nSPS) is 12.2. The lowest BCUT2D eigenvalue weighted by Gasteiger charge is -2.12. The van der Waals surface area contributed by atoms with Gasteiger partial charge < -0.3 is 5.32 Å². The summed E-state index contributed by atoms with van der Waals surface area (Å²) in [5.74, 6) is 0. The molecule has 1 aromatic carbocycles. The van der Waals surface area contributed by atoms with Crippen molar-refractivity contribution in [1.29, 1.82) is 0 Å². The largest absolute Gasteiger partial charge is 0.416 e. The van der Waals surface area contributed by atoms with Crippen molar-refractivity contribution in [3.8, 4) is 0 Å². The van der Waals surface area contributed by atoms with Gasteiger partial charge in [-0.1, -0.05) is 30.4 Å². The summed E-state index contributed by atoms with van der Waals surface area (Å²) >= 11 is 0. The maximum atomic E-state index is 12.6. The molecule has 17 heavy (non-hydrogen) atoms. The van der Waals surface area contributed by atoms with Crippen LogP contribution in [0.1, 0.15) is 24.5 Å². The lowest BCUT2D eigenvalue weighted by molar-refractivity contribution is -0.138. The Bertz CT molecular complexity index is 369. The van der Waals surface area contributed by atoms with E-state index in [0.29, 0.717) is 12.1 Å². The fourth-order valence-corrected chi connectivity index (χ4v) is 1.53. The van der Waals surface area contributed by atoms with Crippen molar-refractivity contribution in [2.45, 2.75) is 26.1 Å². The monoisotopic (exact) mass is 243 g/mol. The summed E-state index contributed by atoms with van der Waals surface area (Å²) in [7, 11) is 0. The summed E-state index contributed by atoms with van der Waals surface area (Å²) in [6, 6.07) is 5.65. The number of nitrogens with one attached hydrogen (secondary N) is 1. The SMILES string of the molecule is C/C=C/CCNCc1ccccc1C(F)(F)F. The molecule has 4 heteroatoms. The lowest BCUT2D eigenvalue weighted by Crippen LogP contribution is -2.18. The van der Waals surface area contributed by atoms with Gasteiger partial charge in [-0.3, -0.25) is 0 Å². The van der Waals surface area contributed by atoms with Crippen LogP contribution in [0, 0.1) is 0 Å². The summed E-state index contributed by atoms with van der Waals surface area (Å²) < 4.78 is 37.9. The molecule has 0 fully saturated rings. The van der Waals surface area contributed by atoms with E-state index in [9.17, 15) is 13.2 Å². The van der Waals surface area contributed by atoms with Gasteiger partial charge in [0.25, 0.3) is 0 Å². The average molecular weight is 243 g/mol. The predicted molar refractivity (Wildman–Crippen MR) is 62.6 cm³/mol. The molecule has 0 bridgehead atoms. The van der Waals surface area contributed by atoms with Crippen LogP contribution < -0.4 is 5.32 Å². The van der Waals surface area contributed by atoms with Crippen LogP contribution in [0.5, 0.6) is 0 Å². The Morgan fingerprint density at radius 1 is 1.24 bits per heavy atom. The molecule has 0 aromatic heterocycles. The Morgan fingerprint density at radius 2 is 1.94 bits per heavy atom. The Hall–Kier alpha value is -1.29. The van der Waals surface area contributed by atoms with Gasteiger partial charge in [-0.15, -0.1) is 0 Å². The summed E-state index contributed by atoms with van der Waals surface area (Å²) in [5, 5.41) is 3.00. The second-order valence-corrected chi connectivity index (χ2v) is 3.69. The molecule has 1 aromatic rings. The average Bonchev–Trinajstić information content (AvgIpc) is 2.28. The molecule has 0 atom stereocenters. The van der Waals surface area contributed by atoms with Crippen LogP contribution in [0.2, 0.25) is 0 Å². The van der Waals surface area contributed by atoms with E-state index < -0.39 is 11.7 Å². The molecule has 1 N–H and O–H groups in total. The highest BCUT2D eigenvalue weighted by atomic mass is 19.4. The van der Waals surface area contributed by atoms with Crippen molar-refractivity contribution in [3.05, 3.63) is 47.5 Å². The lowest BCUT2D eigenvalue weighted by atomic mass is 10.1. The molecule has 0 radical (unpaired) electrons. The van der Waals surface area contributed by atoms with Crippen molar-refractivity contribution in [2.75, 3.05) is 6.54 Å². The molecular formula is C13H16F3N. The Balaban J connectivity index is 2.59. The highest BCUT2D eigenvalue weighted by Gasteiger charge is 2.32. The molecule has 0 aliphatic heterocycles. The maximum absolute atomic E-state index is 12.6. The van der Waals surface area contributed by atoms with E-state index in [1.807, 2.05) is 19.1 Å². The standard InChI is InChI=1S/C13H16F3N/c1-2-3-6-9-17-10-11-7-4-5-8-12(11)13(14,15)16/h2-5,7-8,17H,6,9-10H2,1H3/b3-2+. The van der Waals surface area contributed by atoms with E-state index in [0.717, 1.165) is 12.5 Å². The second kappa shape index (κ2) is 6.45. The number of allylic oxidation sites excluding steroid dienone is 1. The van der Waals surface area contributed by atoms with E-state index in [2.05, 4.69) is 5.32 Å². The third kappa shape index (κ3) is 4.61. The van der Waals surface area contributed by atoms with Crippen molar-refractivity contribution in [2.24, 2.45) is 0 Å². The molecule has 1 rings (SSSR count). The predicted octanol–water partition coefficient (Wildman–Crippen LogP) is 3.76. The molecule has 94 valence electrons. The molecule has 0 aliphatic rings. The van der Waals surface area contributed by atoms with Gasteiger partial charge in [-0.05, 0) is 31.5 Å². The first-order valence-electron chi connectivity index (χ1n) is 5.52. The highest BCUT2D eigenvalue weighted by molar-refractivity contribution is 5.29. The first-order chi connectivity index (χ1) is 8.05. The van der Waals surface area contributed by atoms with Crippen molar-refractivity contribution in [3.63, 3.8) is 0 Å². The van der Waals surface area contributed by atoms with Crippen molar-refractivity contribution in [1.82, 2.24) is 5.32 Å². The van der Waals surface area contributed by atoms with Gasteiger partial charge in [0.1, 0.15) is 0 Å². The minimum atomic E-state index is -4.28. The zero-order valence-electron chi connectivity index (χ0n) is 9.72. The van der Waals surface area contributed by atoms with Gasteiger partial charge in [0.05, 0.1) is 5.56 Å². The van der Waals surface area contributed by atoms with Crippen LogP contribution in [0.4, 0.5) is 13.2 Å². The second-order valence-electron chi connectivity index (χ2n) is 3.69. The van der Waals surface area contributed by atoms with Crippen LogP contribution in [0.3, 0.4) is 0 Å². The summed E-state index contributed by atoms with van der Waals surface area (Å²) in [4.78, 5) is 0. The van der Waals surface area contributed by atoms with Crippen molar-refractivity contribution < 1.29 is 13.2 Å². The van der Waals surface area contributed by atoms with E-state index in [1.165, 1.54) is 12.1 Å². The molecular weight excluding hydrogens is 227 g/mol.